The van der Waals surface area contributed by atoms with Crippen LogP contribution < -0.4 is 0 Å². The predicted molar refractivity (Wildman–Crippen MR) is 340 cm³/mol. The average Bonchev–Trinajstić information content (AvgIpc) is 3.61. The number of aliphatic hydroxyl groups excluding tert-OH is 1. The Morgan fingerprint density at radius 1 is 0.341 bits per heavy atom. The maximum absolute atomic E-state index is 13.0. The van der Waals surface area contributed by atoms with E-state index in [1.54, 1.807) is 0 Å². The lowest BCUT2D eigenvalue weighted by atomic mass is 9.99. The third-order valence-corrected chi connectivity index (χ3v) is 17.4. The summed E-state index contributed by atoms with van der Waals surface area (Å²) in [5.41, 5.74) is 0. The van der Waals surface area contributed by atoms with Gasteiger partial charge in [0.1, 0.15) is 19.3 Å². The Hall–Kier alpha value is -1.94. The molecule has 0 aliphatic heterocycles. The second-order valence-electron chi connectivity index (χ2n) is 25.1. The summed E-state index contributed by atoms with van der Waals surface area (Å²) in [6, 6.07) is 0. The number of carbonyl (C=O) groups is 4. The third kappa shape index (κ3) is 59.5. The van der Waals surface area contributed by atoms with Crippen molar-refractivity contribution in [1.82, 2.24) is 0 Å². The van der Waals surface area contributed by atoms with E-state index in [0.717, 1.165) is 115 Å². The number of carbonyl (C=O) groups excluding carboxylic acids is 4. The number of ether oxygens (including phenoxy) is 4. The Balaban J connectivity index is 5.22. The van der Waals surface area contributed by atoms with Crippen molar-refractivity contribution in [3.05, 3.63) is 0 Å². The molecule has 0 saturated heterocycles. The monoisotopic (exact) mass is 1250 g/mol. The van der Waals surface area contributed by atoms with Crippen LogP contribution in [0.25, 0.3) is 0 Å². The third-order valence-electron chi connectivity index (χ3n) is 15.5. The predicted octanol–water partition coefficient (Wildman–Crippen LogP) is 18.3. The van der Waals surface area contributed by atoms with Crippen LogP contribution in [-0.4, -0.2) is 96.7 Å². The van der Waals surface area contributed by atoms with Crippen LogP contribution in [0.2, 0.25) is 0 Å². The molecule has 0 rings (SSSR count). The van der Waals surface area contributed by atoms with Gasteiger partial charge in [-0.15, -0.1) is 0 Å². The maximum atomic E-state index is 13.0. The second kappa shape index (κ2) is 57.2. The molecule has 0 aromatic heterocycles. The number of phosphoric ester groups is 2. The Morgan fingerprint density at radius 3 is 0.894 bits per heavy atom. The van der Waals surface area contributed by atoms with Crippen LogP contribution in [0.5, 0.6) is 0 Å². The smallest absolute Gasteiger partial charge is 0.462 e. The fraction of sp³-hybridized carbons (Fsp3) is 0.939. The Labute approximate surface area is 517 Å². The largest absolute Gasteiger partial charge is 0.472 e. The summed E-state index contributed by atoms with van der Waals surface area (Å²) in [4.78, 5) is 72.2. The average molecular weight is 1260 g/mol. The van der Waals surface area contributed by atoms with E-state index in [2.05, 4.69) is 48.5 Å². The van der Waals surface area contributed by atoms with Crippen LogP contribution in [0.1, 0.15) is 325 Å². The molecule has 0 aromatic carbocycles. The molecule has 3 N–H and O–H groups in total. The van der Waals surface area contributed by atoms with Crippen LogP contribution in [-0.2, 0) is 65.4 Å². The Morgan fingerprint density at radius 2 is 0.600 bits per heavy atom. The molecule has 6 atom stereocenters. The maximum Gasteiger partial charge on any atom is 0.472 e. The summed E-state index contributed by atoms with van der Waals surface area (Å²) in [5.74, 6) is 0.133. The Kier molecular flexibility index (Phi) is 55.9. The lowest BCUT2D eigenvalue weighted by Gasteiger charge is -2.21. The van der Waals surface area contributed by atoms with E-state index in [9.17, 15) is 43.2 Å². The van der Waals surface area contributed by atoms with E-state index >= 15 is 0 Å². The van der Waals surface area contributed by atoms with Gasteiger partial charge in [0.05, 0.1) is 26.4 Å². The Bertz CT molecular complexity index is 1680. The van der Waals surface area contributed by atoms with Gasteiger partial charge in [-0.1, -0.05) is 273 Å². The molecule has 0 amide bonds. The van der Waals surface area contributed by atoms with Gasteiger partial charge in [0, 0.05) is 25.7 Å². The number of phosphoric acid groups is 2. The molecule has 3 unspecified atom stereocenters. The molecule has 0 heterocycles. The van der Waals surface area contributed by atoms with Gasteiger partial charge >= 0.3 is 39.5 Å². The molecule has 0 aromatic rings. The van der Waals surface area contributed by atoms with Gasteiger partial charge in [0.25, 0.3) is 0 Å². The van der Waals surface area contributed by atoms with Crippen molar-refractivity contribution in [2.75, 3.05) is 39.6 Å². The summed E-state index contributed by atoms with van der Waals surface area (Å²) in [6.07, 6.45) is 39.0. The molecule has 17 nitrogen and oxygen atoms in total. The minimum atomic E-state index is -4.95. The van der Waals surface area contributed by atoms with E-state index in [1.165, 1.54) is 122 Å². The molecule has 0 saturated carbocycles. The molecular formula is C66H128O17P2. The lowest BCUT2D eigenvalue weighted by molar-refractivity contribution is -0.161. The van der Waals surface area contributed by atoms with Crippen LogP contribution in [0.15, 0.2) is 0 Å². The van der Waals surface area contributed by atoms with E-state index in [0.29, 0.717) is 31.6 Å². The summed E-state index contributed by atoms with van der Waals surface area (Å²) >= 11 is 0. The van der Waals surface area contributed by atoms with Crippen molar-refractivity contribution in [1.29, 1.82) is 0 Å². The van der Waals surface area contributed by atoms with Crippen LogP contribution in [0.4, 0.5) is 0 Å². The minimum absolute atomic E-state index is 0.103. The van der Waals surface area contributed by atoms with E-state index < -0.39 is 97.5 Å². The molecular weight excluding hydrogens is 1130 g/mol. The van der Waals surface area contributed by atoms with Crippen LogP contribution >= 0.6 is 15.6 Å². The first-order chi connectivity index (χ1) is 40.8. The van der Waals surface area contributed by atoms with E-state index in [1.807, 2.05) is 0 Å². The highest BCUT2D eigenvalue weighted by molar-refractivity contribution is 7.47. The van der Waals surface area contributed by atoms with Crippen molar-refractivity contribution >= 4 is 39.5 Å². The van der Waals surface area contributed by atoms with E-state index in [-0.39, 0.29) is 25.7 Å². The highest BCUT2D eigenvalue weighted by atomic mass is 31.2. The first-order valence-electron chi connectivity index (χ1n) is 34.4. The molecule has 0 bridgehead atoms. The summed E-state index contributed by atoms with van der Waals surface area (Å²) in [7, 11) is -9.89. The van der Waals surface area contributed by atoms with Gasteiger partial charge < -0.3 is 33.8 Å². The number of aliphatic hydroxyl groups is 1. The standard InChI is InChI=1S/C66H128O17P2/c1-8-10-11-12-23-33-40-47-63(68)76-53-61(83-66(71)50-43-36-29-22-25-31-38-45-58(5)6)55-80-84(72,73)78-51-60(67)52-79-85(74,75)81-56-62(82-65(70)49-42-35-28-21-15-13-14-18-24-30-37-44-57(3)4)54-77-64(69)48-41-34-27-20-17-16-19-26-32-39-46-59(7)9-2/h57-62,67H,8-56H2,1-7H3,(H,72,73)(H,74,75)/t59?,60-,61+,62+/m0/s1. The highest BCUT2D eigenvalue weighted by Gasteiger charge is 2.30. The van der Waals surface area contributed by atoms with Gasteiger partial charge in [0.15, 0.2) is 12.2 Å². The fourth-order valence-corrected chi connectivity index (χ4v) is 11.4. The first-order valence-corrected chi connectivity index (χ1v) is 37.4. The number of esters is 4. The van der Waals surface area contributed by atoms with E-state index in [4.69, 9.17) is 37.0 Å². The quantitative estimate of drug-likeness (QED) is 0.0222. The van der Waals surface area contributed by atoms with Gasteiger partial charge in [-0.2, -0.15) is 0 Å². The van der Waals surface area contributed by atoms with Gasteiger partial charge in [-0.25, -0.2) is 9.13 Å². The lowest BCUT2D eigenvalue weighted by Crippen LogP contribution is -2.30. The van der Waals surface area contributed by atoms with Gasteiger partial charge in [-0.3, -0.25) is 37.3 Å². The van der Waals surface area contributed by atoms with Crippen molar-refractivity contribution in [2.45, 2.75) is 343 Å². The molecule has 19 heteroatoms. The van der Waals surface area contributed by atoms with Crippen LogP contribution in [0.3, 0.4) is 0 Å². The molecule has 0 aliphatic rings. The number of hydrogen-bond acceptors (Lipinski definition) is 15. The summed E-state index contributed by atoms with van der Waals surface area (Å²) < 4.78 is 68.0. The van der Waals surface area contributed by atoms with Gasteiger partial charge in [0.2, 0.25) is 0 Å². The normalized spacial score (nSPS) is 14.6. The van der Waals surface area contributed by atoms with Crippen molar-refractivity contribution in [2.24, 2.45) is 17.8 Å². The molecule has 0 radical (unpaired) electrons. The number of rotatable bonds is 64. The molecule has 0 fully saturated rings. The minimum Gasteiger partial charge on any atom is -0.462 e. The highest BCUT2D eigenvalue weighted by Crippen LogP contribution is 2.45. The zero-order valence-corrected chi connectivity index (χ0v) is 56.9. The number of hydrogen-bond donors (Lipinski definition) is 3. The molecule has 504 valence electrons. The van der Waals surface area contributed by atoms with Crippen LogP contribution in [0, 0.1) is 17.8 Å². The first kappa shape index (κ1) is 83.1. The summed E-state index contributed by atoms with van der Waals surface area (Å²) in [5, 5.41) is 10.5. The van der Waals surface area contributed by atoms with Crippen molar-refractivity contribution in [3.8, 4) is 0 Å². The zero-order chi connectivity index (χ0) is 63.1. The molecule has 85 heavy (non-hydrogen) atoms. The zero-order valence-electron chi connectivity index (χ0n) is 55.1. The molecule has 0 aliphatic carbocycles. The summed E-state index contributed by atoms with van der Waals surface area (Å²) in [6.45, 7) is 11.7. The SMILES string of the molecule is CCCCCCCCCC(=O)OC[C@H](COP(=O)(O)OC[C@H](O)COP(=O)(O)OC[C@@H](COC(=O)CCCCCCCCCCCCC(C)CC)OC(=O)CCCCCCCCCCCCCC(C)C)OC(=O)CCCCCCCCCC(C)C. The second-order valence-corrected chi connectivity index (χ2v) is 28.0. The van der Waals surface area contributed by atoms with Crippen molar-refractivity contribution in [3.63, 3.8) is 0 Å². The van der Waals surface area contributed by atoms with Crippen molar-refractivity contribution < 1.29 is 80.2 Å². The van der Waals surface area contributed by atoms with Gasteiger partial charge in [-0.05, 0) is 43.4 Å². The fourth-order valence-electron chi connectivity index (χ4n) is 9.80. The topological polar surface area (TPSA) is 237 Å². The molecule has 0 spiro atoms. The number of unbranched alkanes of at least 4 members (excludes halogenated alkanes) is 31.